The Morgan fingerprint density at radius 2 is 1.89 bits per heavy atom. The molecule has 0 saturated heterocycles. The number of anilines is 1. The minimum atomic E-state index is -0.255. The smallest absolute Gasteiger partial charge is 0.224 e. The van der Waals surface area contributed by atoms with Gasteiger partial charge in [0.1, 0.15) is 5.82 Å². The van der Waals surface area contributed by atoms with Gasteiger partial charge in [-0.2, -0.15) is 0 Å². The minimum Gasteiger partial charge on any atom is -0.346 e. The Balaban J connectivity index is 1.34. The molecule has 4 rings (SSSR count). The molecule has 0 spiro atoms. The molecule has 2 aliphatic rings. The van der Waals surface area contributed by atoms with Crippen LogP contribution in [0.5, 0.6) is 0 Å². The molecule has 35 heavy (non-hydrogen) atoms. The molecule has 0 unspecified atom stereocenters. The fraction of sp³-hybridized carbons (Fsp3) is 0.370. The van der Waals surface area contributed by atoms with Gasteiger partial charge in [0.25, 0.3) is 0 Å². The van der Waals surface area contributed by atoms with E-state index in [0.717, 1.165) is 24.2 Å². The van der Waals surface area contributed by atoms with Gasteiger partial charge in [0, 0.05) is 54.5 Å². The minimum absolute atomic E-state index is 0.0181. The van der Waals surface area contributed by atoms with Crippen LogP contribution in [0, 0.1) is 5.82 Å². The Labute approximate surface area is 210 Å². The van der Waals surface area contributed by atoms with Crippen molar-refractivity contribution in [3.05, 3.63) is 77.2 Å². The van der Waals surface area contributed by atoms with Crippen molar-refractivity contribution in [3.63, 3.8) is 0 Å². The molecule has 1 fully saturated rings. The number of nitrogens with one attached hydrogen (secondary N) is 2. The average Bonchev–Trinajstić information content (AvgIpc) is 2.85. The monoisotopic (exact) mass is 494 g/mol. The van der Waals surface area contributed by atoms with E-state index < -0.39 is 0 Å². The number of halogens is 1. The summed E-state index contributed by atoms with van der Waals surface area (Å²) in [7, 11) is 0. The van der Waals surface area contributed by atoms with Crippen LogP contribution in [0.3, 0.4) is 0 Å². The number of hydrogen-bond donors (Lipinski definition) is 2. The maximum atomic E-state index is 13.8. The van der Waals surface area contributed by atoms with Crippen molar-refractivity contribution in [1.82, 2.24) is 10.2 Å². The molecular weight excluding hydrogens is 463 g/mol. The number of carbonyl (C=O) groups excluding carboxylic acids is 2. The second-order valence-electron chi connectivity index (χ2n) is 8.74. The van der Waals surface area contributed by atoms with Crippen LogP contribution < -0.4 is 10.6 Å². The zero-order chi connectivity index (χ0) is 24.5. The predicted octanol–water partition coefficient (Wildman–Crippen LogP) is 4.74. The summed E-state index contributed by atoms with van der Waals surface area (Å²) in [5, 5.41) is 6.67. The summed E-state index contributed by atoms with van der Waals surface area (Å²) < 4.78 is 13.8. The van der Waals surface area contributed by atoms with Gasteiger partial charge in [-0.15, -0.1) is 0 Å². The zero-order valence-corrected chi connectivity index (χ0v) is 20.5. The summed E-state index contributed by atoms with van der Waals surface area (Å²) in [5.74, 6) is -0.273. The summed E-state index contributed by atoms with van der Waals surface area (Å²) in [5.41, 5.74) is 2.86. The van der Waals surface area contributed by atoms with Crippen molar-refractivity contribution in [3.8, 4) is 0 Å². The van der Waals surface area contributed by atoms with E-state index in [2.05, 4.69) is 15.6 Å². The van der Waals surface area contributed by atoms with Gasteiger partial charge in [-0.1, -0.05) is 54.6 Å². The molecule has 1 saturated carbocycles. The van der Waals surface area contributed by atoms with E-state index in [4.69, 9.17) is 0 Å². The average molecular weight is 495 g/mol. The number of benzene rings is 2. The lowest BCUT2D eigenvalue weighted by molar-refractivity contribution is -0.131. The highest BCUT2D eigenvalue weighted by Gasteiger charge is 2.30. The highest BCUT2D eigenvalue weighted by molar-refractivity contribution is 8.14. The summed E-state index contributed by atoms with van der Waals surface area (Å²) in [6, 6.07) is 16.3. The Morgan fingerprint density at radius 3 is 2.63 bits per heavy atom. The molecule has 0 aromatic heterocycles. The molecule has 8 heteroatoms. The van der Waals surface area contributed by atoms with Crippen LogP contribution in [0.15, 0.2) is 70.9 Å². The van der Waals surface area contributed by atoms with Gasteiger partial charge in [-0.3, -0.25) is 9.59 Å². The molecular formula is C27H31FN4O2S. The van der Waals surface area contributed by atoms with Gasteiger partial charge in [0.15, 0.2) is 0 Å². The molecule has 0 bridgehead atoms. The van der Waals surface area contributed by atoms with E-state index in [9.17, 15) is 14.0 Å². The molecule has 1 heterocycles. The van der Waals surface area contributed by atoms with Crippen molar-refractivity contribution < 1.29 is 14.0 Å². The topological polar surface area (TPSA) is 73.8 Å². The van der Waals surface area contributed by atoms with Gasteiger partial charge in [-0.25, -0.2) is 9.38 Å². The molecule has 0 atom stereocenters. The summed E-state index contributed by atoms with van der Waals surface area (Å²) in [6.07, 6.45) is 5.74. The maximum absolute atomic E-state index is 13.8. The SMILES string of the molecule is O=C(SC1CCC1)C1=C(N=CNc2ccccc2)CCN(C(=O)CCNCc2ccccc2F)C1. The van der Waals surface area contributed by atoms with E-state index in [1.165, 1.54) is 24.2 Å². The largest absolute Gasteiger partial charge is 0.346 e. The van der Waals surface area contributed by atoms with Crippen LogP contribution in [0.1, 0.15) is 37.7 Å². The number of thioether (sulfide) groups is 1. The third-order valence-corrected chi connectivity index (χ3v) is 7.52. The molecule has 184 valence electrons. The van der Waals surface area contributed by atoms with Crippen LogP contribution >= 0.6 is 11.8 Å². The van der Waals surface area contributed by atoms with E-state index in [1.54, 1.807) is 29.4 Å². The Morgan fingerprint density at radius 1 is 1.11 bits per heavy atom. The molecule has 1 aliphatic carbocycles. The number of amides is 1. The van der Waals surface area contributed by atoms with Crippen molar-refractivity contribution in [2.24, 2.45) is 4.99 Å². The van der Waals surface area contributed by atoms with Crippen LogP contribution in [0.4, 0.5) is 10.1 Å². The lowest BCUT2D eigenvalue weighted by Gasteiger charge is -2.30. The van der Waals surface area contributed by atoms with Crippen molar-refractivity contribution in [1.29, 1.82) is 0 Å². The third kappa shape index (κ3) is 7.26. The summed E-state index contributed by atoms with van der Waals surface area (Å²) in [6.45, 7) is 1.62. The lowest BCUT2D eigenvalue weighted by Crippen LogP contribution is -2.39. The Hall–Kier alpha value is -2.97. The molecule has 0 radical (unpaired) electrons. The third-order valence-electron chi connectivity index (χ3n) is 6.26. The van der Waals surface area contributed by atoms with Crippen molar-refractivity contribution >= 4 is 34.8 Å². The zero-order valence-electron chi connectivity index (χ0n) is 19.7. The van der Waals surface area contributed by atoms with Crippen LogP contribution in [-0.4, -0.2) is 47.1 Å². The quantitative estimate of drug-likeness (QED) is 0.283. The van der Waals surface area contributed by atoms with E-state index in [1.807, 2.05) is 30.3 Å². The predicted molar refractivity (Wildman–Crippen MR) is 140 cm³/mol. The van der Waals surface area contributed by atoms with Gasteiger partial charge >= 0.3 is 0 Å². The molecule has 2 aromatic carbocycles. The van der Waals surface area contributed by atoms with E-state index in [0.29, 0.717) is 48.9 Å². The molecule has 1 amide bonds. The normalized spacial score (nSPS) is 16.4. The Bertz CT molecular complexity index is 1090. The molecule has 2 aromatic rings. The van der Waals surface area contributed by atoms with Gasteiger partial charge in [0.05, 0.1) is 18.6 Å². The van der Waals surface area contributed by atoms with Crippen molar-refractivity contribution in [2.45, 2.75) is 43.9 Å². The van der Waals surface area contributed by atoms with Gasteiger partial charge in [0.2, 0.25) is 11.0 Å². The number of nitrogens with zero attached hydrogens (tertiary/aromatic N) is 2. The van der Waals surface area contributed by atoms with Crippen LogP contribution in [0.25, 0.3) is 0 Å². The maximum Gasteiger partial charge on any atom is 0.224 e. The van der Waals surface area contributed by atoms with Gasteiger partial charge < -0.3 is 15.5 Å². The first kappa shape index (κ1) is 25.1. The number of aliphatic imine (C=N–C) groups is 1. The van der Waals surface area contributed by atoms with Crippen LogP contribution in [0.2, 0.25) is 0 Å². The molecule has 2 N–H and O–H groups in total. The van der Waals surface area contributed by atoms with Crippen molar-refractivity contribution in [2.75, 3.05) is 25.0 Å². The number of hydrogen-bond acceptors (Lipinski definition) is 5. The van der Waals surface area contributed by atoms with E-state index in [-0.39, 0.29) is 23.4 Å². The highest BCUT2D eigenvalue weighted by atomic mass is 32.2. The standard InChI is InChI=1S/C27H31FN4O2S/c28-24-12-5-4-7-20(24)17-29-15-13-26(33)32-16-14-25(31-19-30-21-8-2-1-3-9-21)23(18-32)27(34)35-22-10-6-11-22/h1-5,7-9,12,19,22,29H,6,10-11,13-18H2,(H,30,31). The number of para-hydroxylation sites is 1. The lowest BCUT2D eigenvalue weighted by atomic mass is 10.00. The first-order chi connectivity index (χ1) is 17.1. The first-order valence-corrected chi connectivity index (χ1v) is 13.0. The van der Waals surface area contributed by atoms with Gasteiger partial charge in [-0.05, 0) is 31.0 Å². The molecule has 6 nitrogen and oxygen atoms in total. The second kappa shape index (κ2) is 12.7. The first-order valence-electron chi connectivity index (χ1n) is 12.1. The fourth-order valence-electron chi connectivity index (χ4n) is 3.94. The summed E-state index contributed by atoms with van der Waals surface area (Å²) in [4.78, 5) is 32.3. The second-order valence-corrected chi connectivity index (χ2v) is 10.0. The number of rotatable bonds is 10. The highest BCUT2D eigenvalue weighted by Crippen LogP contribution is 2.35. The molecule has 1 aliphatic heterocycles. The Kier molecular flexibility index (Phi) is 9.08. The fourth-order valence-corrected chi connectivity index (χ4v) is 5.14. The van der Waals surface area contributed by atoms with E-state index >= 15 is 0 Å². The van der Waals surface area contributed by atoms with Crippen LogP contribution in [-0.2, 0) is 16.1 Å². The number of carbonyl (C=O) groups is 2. The summed E-state index contributed by atoms with van der Waals surface area (Å²) >= 11 is 1.38.